The number of benzene rings is 1. The van der Waals surface area contributed by atoms with Crippen LogP contribution in [0.4, 0.5) is 10.5 Å². The summed E-state index contributed by atoms with van der Waals surface area (Å²) < 4.78 is 5.58. The number of anilines is 1. The van der Waals surface area contributed by atoms with Gasteiger partial charge in [-0.1, -0.05) is 6.07 Å². The number of aromatic nitrogens is 1. The molecule has 0 saturated heterocycles. The summed E-state index contributed by atoms with van der Waals surface area (Å²) in [6, 6.07) is 9.79. The maximum Gasteiger partial charge on any atom is 0.321 e. The van der Waals surface area contributed by atoms with E-state index in [2.05, 4.69) is 16.4 Å². The van der Waals surface area contributed by atoms with Gasteiger partial charge < -0.3 is 15.0 Å². The fraction of sp³-hybridized carbons (Fsp3) is 0.250. The van der Waals surface area contributed by atoms with Crippen LogP contribution in [0.3, 0.4) is 0 Å². The molecule has 0 aliphatic carbocycles. The first-order chi connectivity index (χ1) is 10.2. The number of pyridine rings is 1. The highest BCUT2D eigenvalue weighted by atomic mass is 16.5. The highest BCUT2D eigenvalue weighted by Gasteiger charge is 2.20. The van der Waals surface area contributed by atoms with Crippen LogP contribution >= 0.6 is 0 Å². The molecule has 2 aromatic rings. The van der Waals surface area contributed by atoms with Crippen molar-refractivity contribution in [3.8, 4) is 17.0 Å². The van der Waals surface area contributed by atoms with Crippen molar-refractivity contribution in [2.24, 2.45) is 0 Å². The number of nitrogens with one attached hydrogen (secondary N) is 1. The van der Waals surface area contributed by atoms with Crippen LogP contribution in [0.1, 0.15) is 12.5 Å². The molecule has 5 heteroatoms. The molecular formula is C16H17N3O2. The van der Waals surface area contributed by atoms with E-state index in [1.165, 1.54) is 0 Å². The fourth-order valence-electron chi connectivity index (χ4n) is 2.41. The van der Waals surface area contributed by atoms with Gasteiger partial charge in [0.2, 0.25) is 5.88 Å². The summed E-state index contributed by atoms with van der Waals surface area (Å²) >= 11 is 0. The highest BCUT2D eigenvalue weighted by Crippen LogP contribution is 2.32. The molecule has 0 atom stereocenters. The Hall–Kier alpha value is -2.56. The predicted molar refractivity (Wildman–Crippen MR) is 81.3 cm³/mol. The number of ether oxygens (including phenoxy) is 1. The van der Waals surface area contributed by atoms with Gasteiger partial charge in [0.25, 0.3) is 0 Å². The van der Waals surface area contributed by atoms with Crippen molar-refractivity contribution >= 4 is 11.7 Å². The average Bonchev–Trinajstić information content (AvgIpc) is 2.49. The Morgan fingerprint density at radius 1 is 1.38 bits per heavy atom. The average molecular weight is 283 g/mol. The Morgan fingerprint density at radius 3 is 3.05 bits per heavy atom. The summed E-state index contributed by atoms with van der Waals surface area (Å²) in [6.07, 6.45) is 1.72. The van der Waals surface area contributed by atoms with Crippen LogP contribution in [0.25, 0.3) is 11.1 Å². The van der Waals surface area contributed by atoms with Gasteiger partial charge in [0, 0.05) is 31.0 Å². The lowest BCUT2D eigenvalue weighted by Crippen LogP contribution is -2.35. The number of hydrogen-bond donors (Lipinski definition) is 1. The number of rotatable bonds is 3. The molecule has 0 radical (unpaired) electrons. The minimum atomic E-state index is -0.0772. The van der Waals surface area contributed by atoms with Crippen molar-refractivity contribution in [3.05, 3.63) is 42.1 Å². The van der Waals surface area contributed by atoms with Crippen molar-refractivity contribution < 1.29 is 9.53 Å². The second-order valence-electron chi connectivity index (χ2n) is 4.95. The molecular weight excluding hydrogens is 266 g/mol. The summed E-state index contributed by atoms with van der Waals surface area (Å²) in [5, 5.41) is 2.87. The second-order valence-corrected chi connectivity index (χ2v) is 4.95. The maximum absolute atomic E-state index is 11.6. The van der Waals surface area contributed by atoms with E-state index in [4.69, 9.17) is 4.74 Å². The first kappa shape index (κ1) is 13.4. The Labute approximate surface area is 123 Å². The molecule has 1 aliphatic heterocycles. The number of nitrogens with zero attached hydrogens (tertiary/aromatic N) is 2. The SMILES string of the molecule is CCOc1ncccc1-c1ccc2c(c1)CN(C)C(=O)N2. The number of carbonyl (C=O) groups is 1. The van der Waals surface area contributed by atoms with Crippen LogP contribution in [0, 0.1) is 0 Å². The molecule has 3 rings (SSSR count). The van der Waals surface area contributed by atoms with Crippen molar-refractivity contribution in [3.63, 3.8) is 0 Å². The third kappa shape index (κ3) is 2.54. The van der Waals surface area contributed by atoms with Gasteiger partial charge in [0.15, 0.2) is 0 Å². The quantitative estimate of drug-likeness (QED) is 0.941. The molecule has 1 aromatic carbocycles. The van der Waals surface area contributed by atoms with Crippen molar-refractivity contribution in [1.29, 1.82) is 0 Å². The van der Waals surface area contributed by atoms with Gasteiger partial charge >= 0.3 is 6.03 Å². The summed E-state index contributed by atoms with van der Waals surface area (Å²) in [6.45, 7) is 3.11. The van der Waals surface area contributed by atoms with Crippen molar-refractivity contribution in [1.82, 2.24) is 9.88 Å². The van der Waals surface area contributed by atoms with E-state index in [1.54, 1.807) is 18.1 Å². The zero-order valence-corrected chi connectivity index (χ0v) is 12.1. The number of fused-ring (bicyclic) bond motifs is 1. The van der Waals surface area contributed by atoms with Crippen molar-refractivity contribution in [2.75, 3.05) is 19.0 Å². The lowest BCUT2D eigenvalue weighted by atomic mass is 10.0. The minimum absolute atomic E-state index is 0.0772. The first-order valence-electron chi connectivity index (χ1n) is 6.92. The van der Waals surface area contributed by atoms with Crippen LogP contribution in [0.15, 0.2) is 36.5 Å². The Bertz CT molecular complexity index is 685. The van der Waals surface area contributed by atoms with Gasteiger partial charge in [-0.2, -0.15) is 0 Å². The molecule has 0 bridgehead atoms. The monoisotopic (exact) mass is 283 g/mol. The lowest BCUT2D eigenvalue weighted by molar-refractivity contribution is 0.218. The molecule has 1 aliphatic rings. The van der Waals surface area contributed by atoms with Gasteiger partial charge in [-0.25, -0.2) is 9.78 Å². The standard InChI is InChI=1S/C16H17N3O2/c1-3-21-15-13(5-4-8-17-15)11-6-7-14-12(9-11)10-19(2)16(20)18-14/h4-9H,3,10H2,1-2H3,(H,18,20). The van der Waals surface area contributed by atoms with E-state index < -0.39 is 0 Å². The predicted octanol–water partition coefficient (Wildman–Crippen LogP) is 3.12. The van der Waals surface area contributed by atoms with E-state index in [-0.39, 0.29) is 6.03 Å². The van der Waals surface area contributed by atoms with E-state index in [9.17, 15) is 4.79 Å². The molecule has 2 amide bonds. The van der Waals surface area contributed by atoms with Gasteiger partial charge in [0.05, 0.1) is 6.61 Å². The largest absolute Gasteiger partial charge is 0.478 e. The van der Waals surface area contributed by atoms with E-state index >= 15 is 0 Å². The Kier molecular flexibility index (Phi) is 3.48. The topological polar surface area (TPSA) is 54.5 Å². The molecule has 0 unspecified atom stereocenters. The van der Waals surface area contributed by atoms with Crippen LogP contribution in [0.2, 0.25) is 0 Å². The summed E-state index contributed by atoms with van der Waals surface area (Å²) in [4.78, 5) is 17.6. The van der Waals surface area contributed by atoms with Gasteiger partial charge in [-0.05, 0) is 42.3 Å². The summed E-state index contributed by atoms with van der Waals surface area (Å²) in [5.41, 5.74) is 3.95. The molecule has 5 nitrogen and oxygen atoms in total. The molecule has 108 valence electrons. The Balaban J connectivity index is 2.01. The van der Waals surface area contributed by atoms with Gasteiger partial charge in [-0.3, -0.25) is 0 Å². The highest BCUT2D eigenvalue weighted by molar-refractivity contribution is 5.92. The first-order valence-corrected chi connectivity index (χ1v) is 6.92. The molecule has 2 heterocycles. The fourth-order valence-corrected chi connectivity index (χ4v) is 2.41. The molecule has 0 fully saturated rings. The minimum Gasteiger partial charge on any atom is -0.478 e. The Morgan fingerprint density at radius 2 is 2.24 bits per heavy atom. The van der Waals surface area contributed by atoms with E-state index in [0.29, 0.717) is 19.0 Å². The van der Waals surface area contributed by atoms with Crippen LogP contribution in [-0.2, 0) is 6.54 Å². The number of carbonyl (C=O) groups excluding carboxylic acids is 1. The smallest absolute Gasteiger partial charge is 0.321 e. The van der Waals surface area contributed by atoms with E-state index in [0.717, 1.165) is 22.4 Å². The van der Waals surface area contributed by atoms with Crippen LogP contribution in [0.5, 0.6) is 5.88 Å². The van der Waals surface area contributed by atoms with Crippen LogP contribution < -0.4 is 10.1 Å². The third-order valence-electron chi connectivity index (χ3n) is 3.46. The summed E-state index contributed by atoms with van der Waals surface area (Å²) in [7, 11) is 1.78. The van der Waals surface area contributed by atoms with E-state index in [1.807, 2.05) is 31.2 Å². The van der Waals surface area contributed by atoms with Crippen molar-refractivity contribution in [2.45, 2.75) is 13.5 Å². The number of hydrogen-bond acceptors (Lipinski definition) is 3. The van der Waals surface area contributed by atoms with Crippen LogP contribution in [-0.4, -0.2) is 29.6 Å². The van der Waals surface area contributed by atoms with Gasteiger partial charge in [0.1, 0.15) is 0 Å². The maximum atomic E-state index is 11.6. The molecule has 21 heavy (non-hydrogen) atoms. The summed E-state index contributed by atoms with van der Waals surface area (Å²) in [5.74, 6) is 0.633. The normalized spacial score (nSPS) is 13.6. The van der Waals surface area contributed by atoms with Gasteiger partial charge in [-0.15, -0.1) is 0 Å². The zero-order chi connectivity index (χ0) is 14.8. The molecule has 0 spiro atoms. The molecule has 0 saturated carbocycles. The number of urea groups is 1. The second kappa shape index (κ2) is 5.44. The molecule has 1 N–H and O–H groups in total. The molecule has 1 aromatic heterocycles. The third-order valence-corrected chi connectivity index (χ3v) is 3.46. The zero-order valence-electron chi connectivity index (χ0n) is 12.1. The lowest BCUT2D eigenvalue weighted by Gasteiger charge is -2.26. The number of amides is 2.